The van der Waals surface area contributed by atoms with Crippen molar-refractivity contribution < 1.29 is 9.18 Å². The van der Waals surface area contributed by atoms with E-state index in [0.717, 1.165) is 5.69 Å². The molecule has 2 heterocycles. The summed E-state index contributed by atoms with van der Waals surface area (Å²) in [6.45, 7) is 3.92. The zero-order valence-electron chi connectivity index (χ0n) is 14.6. The number of H-pyrrole nitrogens is 1. The Kier molecular flexibility index (Phi) is 5.06. The van der Waals surface area contributed by atoms with Gasteiger partial charge >= 0.3 is 0 Å². The fourth-order valence-electron chi connectivity index (χ4n) is 2.83. The number of carbonyl (C=O) groups is 1. The summed E-state index contributed by atoms with van der Waals surface area (Å²) in [4.78, 5) is 12.5. The Bertz CT molecular complexity index is 854. The van der Waals surface area contributed by atoms with Crippen molar-refractivity contribution in [2.24, 2.45) is 0 Å². The van der Waals surface area contributed by atoms with Crippen LogP contribution in [0.25, 0.3) is 5.69 Å². The van der Waals surface area contributed by atoms with Crippen LogP contribution in [-0.2, 0) is 16.8 Å². The van der Waals surface area contributed by atoms with Crippen LogP contribution in [0.5, 0.6) is 0 Å². The van der Waals surface area contributed by atoms with Gasteiger partial charge in [0.2, 0.25) is 5.91 Å². The van der Waals surface area contributed by atoms with Crippen molar-refractivity contribution >= 4 is 5.91 Å². The summed E-state index contributed by atoms with van der Waals surface area (Å²) in [5.41, 5.74) is 0.672. The van der Waals surface area contributed by atoms with Crippen molar-refractivity contribution in [2.45, 2.75) is 38.6 Å². The van der Waals surface area contributed by atoms with E-state index in [1.807, 2.05) is 13.8 Å². The molecule has 0 unspecified atom stereocenters. The molecular weight excluding hydrogens is 337 g/mol. The minimum absolute atomic E-state index is 0.119. The molecule has 0 atom stereocenters. The first kappa shape index (κ1) is 17.7. The maximum Gasteiger partial charge on any atom is 0.226 e. The fraction of sp³-hybridized carbons (Fsp3) is 0.353. The number of nitrogens with one attached hydrogen (secondary N) is 2. The van der Waals surface area contributed by atoms with Gasteiger partial charge in [0.1, 0.15) is 11.4 Å². The van der Waals surface area contributed by atoms with Crippen molar-refractivity contribution in [3.63, 3.8) is 0 Å². The lowest BCUT2D eigenvalue weighted by atomic mass is 9.91. The summed E-state index contributed by atoms with van der Waals surface area (Å²) >= 11 is 0. The molecule has 0 saturated heterocycles. The van der Waals surface area contributed by atoms with Gasteiger partial charge in [-0.25, -0.2) is 9.07 Å². The molecule has 0 aliphatic heterocycles. The number of nitrogens with zero attached hydrogens (tertiary/aromatic N) is 5. The first-order chi connectivity index (χ1) is 12.6. The number of aromatic amines is 1. The van der Waals surface area contributed by atoms with E-state index in [-0.39, 0.29) is 18.1 Å². The Morgan fingerprint density at radius 3 is 2.58 bits per heavy atom. The standard InChI is InChI=1S/C17H20FN7O/c1-3-17(4-2,16-20-23-24-21-16)19-15(26)11-13-9-10-25(22-13)14-7-5-12(18)6-8-14/h5-10H,3-4,11H2,1-2H3,(H,19,26)(H,20,21,23,24). The molecule has 0 saturated carbocycles. The second-order valence-corrected chi connectivity index (χ2v) is 5.98. The van der Waals surface area contributed by atoms with Crippen LogP contribution in [0.15, 0.2) is 36.5 Å². The lowest BCUT2D eigenvalue weighted by Gasteiger charge is -2.29. The van der Waals surface area contributed by atoms with Gasteiger partial charge in [-0.1, -0.05) is 19.1 Å². The molecule has 0 aliphatic carbocycles. The quantitative estimate of drug-likeness (QED) is 0.672. The summed E-state index contributed by atoms with van der Waals surface area (Å²) in [6, 6.07) is 7.75. The van der Waals surface area contributed by atoms with Crippen LogP contribution in [0, 0.1) is 5.82 Å². The summed E-state index contributed by atoms with van der Waals surface area (Å²) < 4.78 is 14.6. The molecule has 136 valence electrons. The molecule has 0 bridgehead atoms. The monoisotopic (exact) mass is 357 g/mol. The van der Waals surface area contributed by atoms with E-state index in [2.05, 4.69) is 31.0 Å². The van der Waals surface area contributed by atoms with Crippen LogP contribution >= 0.6 is 0 Å². The maximum atomic E-state index is 13.0. The molecule has 0 aliphatic rings. The van der Waals surface area contributed by atoms with Gasteiger partial charge < -0.3 is 5.32 Å². The van der Waals surface area contributed by atoms with E-state index < -0.39 is 5.54 Å². The summed E-state index contributed by atoms with van der Waals surface area (Å²) in [5, 5.41) is 21.5. The Balaban J connectivity index is 1.71. The van der Waals surface area contributed by atoms with Crippen LogP contribution < -0.4 is 5.32 Å². The van der Waals surface area contributed by atoms with Crippen molar-refractivity contribution in [3.05, 3.63) is 53.9 Å². The van der Waals surface area contributed by atoms with Crippen molar-refractivity contribution in [2.75, 3.05) is 0 Å². The van der Waals surface area contributed by atoms with Crippen LogP contribution in [-0.4, -0.2) is 36.3 Å². The van der Waals surface area contributed by atoms with Gasteiger partial charge in [0.15, 0.2) is 5.82 Å². The second-order valence-electron chi connectivity index (χ2n) is 5.98. The number of hydrogen-bond acceptors (Lipinski definition) is 5. The Hall–Kier alpha value is -3.10. The van der Waals surface area contributed by atoms with Gasteiger partial charge in [0.25, 0.3) is 0 Å². The average Bonchev–Trinajstić information content (AvgIpc) is 3.33. The molecule has 2 aromatic heterocycles. The molecule has 0 radical (unpaired) electrons. The molecule has 2 N–H and O–H groups in total. The minimum atomic E-state index is -0.663. The summed E-state index contributed by atoms with van der Waals surface area (Å²) in [7, 11) is 0. The largest absolute Gasteiger partial charge is 0.343 e. The lowest BCUT2D eigenvalue weighted by Crippen LogP contribution is -2.46. The van der Waals surface area contributed by atoms with Crippen LogP contribution in [0.3, 0.4) is 0 Å². The molecule has 3 rings (SSSR count). The SMILES string of the molecule is CCC(CC)(NC(=O)Cc1ccn(-c2ccc(F)cc2)n1)c1nn[nH]n1. The molecule has 1 amide bonds. The number of carbonyl (C=O) groups excluding carboxylic acids is 1. The van der Waals surface area contributed by atoms with Crippen LogP contribution in [0.1, 0.15) is 38.2 Å². The van der Waals surface area contributed by atoms with Gasteiger partial charge in [0, 0.05) is 6.20 Å². The summed E-state index contributed by atoms with van der Waals surface area (Å²) in [6.07, 6.45) is 3.13. The molecule has 0 fully saturated rings. The van der Waals surface area contributed by atoms with Crippen LogP contribution in [0.2, 0.25) is 0 Å². The Morgan fingerprint density at radius 1 is 1.23 bits per heavy atom. The molecule has 3 aromatic rings. The highest BCUT2D eigenvalue weighted by Crippen LogP contribution is 2.25. The van der Waals surface area contributed by atoms with Gasteiger partial charge in [-0.15, -0.1) is 10.2 Å². The normalized spacial score (nSPS) is 11.5. The predicted molar refractivity (Wildman–Crippen MR) is 91.8 cm³/mol. The van der Waals surface area contributed by atoms with E-state index in [4.69, 9.17) is 0 Å². The van der Waals surface area contributed by atoms with E-state index in [9.17, 15) is 9.18 Å². The molecule has 1 aromatic carbocycles. The number of amides is 1. The fourth-order valence-corrected chi connectivity index (χ4v) is 2.83. The van der Waals surface area contributed by atoms with Crippen molar-refractivity contribution in [1.82, 2.24) is 35.7 Å². The average molecular weight is 357 g/mol. The third-order valence-corrected chi connectivity index (χ3v) is 4.44. The third-order valence-electron chi connectivity index (χ3n) is 4.44. The van der Waals surface area contributed by atoms with Gasteiger partial charge in [-0.05, 0) is 43.2 Å². The van der Waals surface area contributed by atoms with Gasteiger partial charge in [0.05, 0.1) is 17.8 Å². The number of halogens is 1. The Labute approximate surface area is 149 Å². The van der Waals surface area contributed by atoms with E-state index in [0.29, 0.717) is 24.4 Å². The first-order valence-electron chi connectivity index (χ1n) is 8.41. The molecule has 0 spiro atoms. The number of rotatable bonds is 7. The Morgan fingerprint density at radius 2 is 1.96 bits per heavy atom. The predicted octanol–water partition coefficient (Wildman–Crippen LogP) is 1.90. The first-order valence-corrected chi connectivity index (χ1v) is 8.41. The second kappa shape index (κ2) is 7.42. The van der Waals surface area contributed by atoms with E-state index in [1.54, 1.807) is 29.1 Å². The zero-order chi connectivity index (χ0) is 18.6. The molecule has 8 nitrogen and oxygen atoms in total. The zero-order valence-corrected chi connectivity index (χ0v) is 14.6. The highest BCUT2D eigenvalue weighted by Gasteiger charge is 2.34. The number of tetrazole rings is 1. The van der Waals surface area contributed by atoms with Crippen molar-refractivity contribution in [3.8, 4) is 5.69 Å². The highest BCUT2D eigenvalue weighted by atomic mass is 19.1. The smallest absolute Gasteiger partial charge is 0.226 e. The van der Waals surface area contributed by atoms with Crippen molar-refractivity contribution in [1.29, 1.82) is 0 Å². The molecular formula is C17H20FN7O. The van der Waals surface area contributed by atoms with Gasteiger partial charge in [-0.2, -0.15) is 10.3 Å². The number of aromatic nitrogens is 6. The number of hydrogen-bond donors (Lipinski definition) is 2. The third kappa shape index (κ3) is 3.61. The highest BCUT2D eigenvalue weighted by molar-refractivity contribution is 5.79. The molecule has 9 heteroatoms. The minimum Gasteiger partial charge on any atom is -0.343 e. The maximum absolute atomic E-state index is 13.0. The summed E-state index contributed by atoms with van der Waals surface area (Å²) in [5.74, 6) is -0.0204. The van der Waals surface area contributed by atoms with E-state index >= 15 is 0 Å². The van der Waals surface area contributed by atoms with Crippen LogP contribution in [0.4, 0.5) is 4.39 Å². The van der Waals surface area contributed by atoms with E-state index in [1.165, 1.54) is 12.1 Å². The topological polar surface area (TPSA) is 101 Å². The lowest BCUT2D eigenvalue weighted by molar-refractivity contribution is -0.122. The molecule has 26 heavy (non-hydrogen) atoms. The van der Waals surface area contributed by atoms with Gasteiger partial charge in [-0.3, -0.25) is 4.79 Å². The number of benzene rings is 1.